The van der Waals surface area contributed by atoms with Crippen molar-refractivity contribution in [3.05, 3.63) is 23.8 Å². The molecular formula is C14H21N3O. The van der Waals surface area contributed by atoms with Crippen LogP contribution >= 0.6 is 0 Å². The molecule has 1 aromatic carbocycles. The number of hydrogen-bond acceptors (Lipinski definition) is 3. The number of nitrogens with two attached hydrogens (primary N) is 1. The molecule has 3 N–H and O–H groups in total. The highest BCUT2D eigenvalue weighted by molar-refractivity contribution is 5.85. The van der Waals surface area contributed by atoms with E-state index in [1.54, 1.807) is 0 Å². The van der Waals surface area contributed by atoms with Crippen molar-refractivity contribution in [2.75, 3.05) is 30.3 Å². The second-order valence-electron chi connectivity index (χ2n) is 4.73. The SMILES string of the molecule is CCCCNC(=O)CN1CCc2cccc(N)c21. The summed E-state index contributed by atoms with van der Waals surface area (Å²) in [5.74, 6) is 0.0829. The van der Waals surface area contributed by atoms with E-state index in [4.69, 9.17) is 5.73 Å². The zero-order valence-electron chi connectivity index (χ0n) is 10.9. The molecule has 2 rings (SSSR count). The summed E-state index contributed by atoms with van der Waals surface area (Å²) in [6.07, 6.45) is 3.10. The molecule has 0 saturated heterocycles. The van der Waals surface area contributed by atoms with Gasteiger partial charge in [0.25, 0.3) is 0 Å². The summed E-state index contributed by atoms with van der Waals surface area (Å²) in [4.78, 5) is 13.9. The van der Waals surface area contributed by atoms with E-state index in [0.29, 0.717) is 6.54 Å². The van der Waals surface area contributed by atoms with Gasteiger partial charge in [0.2, 0.25) is 5.91 Å². The molecule has 0 aliphatic carbocycles. The Balaban J connectivity index is 1.95. The lowest BCUT2D eigenvalue weighted by Crippen LogP contribution is -2.37. The van der Waals surface area contributed by atoms with E-state index in [0.717, 1.165) is 43.7 Å². The van der Waals surface area contributed by atoms with Crippen molar-refractivity contribution in [1.29, 1.82) is 0 Å². The van der Waals surface area contributed by atoms with Crippen LogP contribution in [0.2, 0.25) is 0 Å². The smallest absolute Gasteiger partial charge is 0.239 e. The largest absolute Gasteiger partial charge is 0.397 e. The Bertz CT molecular complexity index is 431. The van der Waals surface area contributed by atoms with Gasteiger partial charge in [-0.05, 0) is 24.5 Å². The lowest BCUT2D eigenvalue weighted by Gasteiger charge is -2.20. The highest BCUT2D eigenvalue weighted by atomic mass is 16.2. The molecule has 18 heavy (non-hydrogen) atoms. The van der Waals surface area contributed by atoms with E-state index >= 15 is 0 Å². The van der Waals surface area contributed by atoms with Gasteiger partial charge in [0, 0.05) is 13.1 Å². The van der Waals surface area contributed by atoms with Crippen LogP contribution in [0.5, 0.6) is 0 Å². The van der Waals surface area contributed by atoms with E-state index in [2.05, 4.69) is 23.2 Å². The maximum absolute atomic E-state index is 11.8. The number of nitrogen functional groups attached to an aromatic ring is 1. The first kappa shape index (κ1) is 12.7. The maximum atomic E-state index is 11.8. The number of amides is 1. The topological polar surface area (TPSA) is 58.4 Å². The predicted molar refractivity (Wildman–Crippen MR) is 74.7 cm³/mol. The number of para-hydroxylation sites is 1. The van der Waals surface area contributed by atoms with Crippen molar-refractivity contribution >= 4 is 17.3 Å². The van der Waals surface area contributed by atoms with E-state index < -0.39 is 0 Å². The number of rotatable bonds is 5. The Morgan fingerprint density at radius 1 is 1.50 bits per heavy atom. The van der Waals surface area contributed by atoms with E-state index in [-0.39, 0.29) is 5.91 Å². The summed E-state index contributed by atoms with van der Waals surface area (Å²) >= 11 is 0. The van der Waals surface area contributed by atoms with Gasteiger partial charge in [-0.25, -0.2) is 0 Å². The van der Waals surface area contributed by atoms with Gasteiger partial charge in [0.15, 0.2) is 0 Å². The second kappa shape index (κ2) is 5.76. The number of nitrogens with one attached hydrogen (secondary N) is 1. The van der Waals surface area contributed by atoms with Crippen LogP contribution in [-0.2, 0) is 11.2 Å². The molecule has 98 valence electrons. The minimum Gasteiger partial charge on any atom is -0.397 e. The molecule has 1 aromatic rings. The maximum Gasteiger partial charge on any atom is 0.239 e. The first-order chi connectivity index (χ1) is 8.72. The molecule has 4 nitrogen and oxygen atoms in total. The number of unbranched alkanes of at least 4 members (excludes halogenated alkanes) is 1. The molecule has 1 aliphatic heterocycles. The Morgan fingerprint density at radius 3 is 3.11 bits per heavy atom. The molecule has 1 amide bonds. The van der Waals surface area contributed by atoms with E-state index in [1.165, 1.54) is 5.56 Å². The number of benzene rings is 1. The molecule has 1 aliphatic rings. The highest BCUT2D eigenvalue weighted by Crippen LogP contribution is 2.33. The van der Waals surface area contributed by atoms with Crippen LogP contribution in [0, 0.1) is 0 Å². The summed E-state index contributed by atoms with van der Waals surface area (Å²) in [5, 5.41) is 2.94. The normalized spacial score (nSPS) is 13.5. The number of hydrogen-bond donors (Lipinski definition) is 2. The monoisotopic (exact) mass is 247 g/mol. The zero-order valence-corrected chi connectivity index (χ0v) is 10.9. The summed E-state index contributed by atoms with van der Waals surface area (Å²) in [6, 6.07) is 5.95. The molecule has 0 spiro atoms. The molecule has 1 heterocycles. The number of carbonyl (C=O) groups is 1. The third-order valence-corrected chi connectivity index (χ3v) is 3.31. The first-order valence-electron chi connectivity index (χ1n) is 6.61. The number of anilines is 2. The average molecular weight is 247 g/mol. The van der Waals surface area contributed by atoms with Gasteiger partial charge in [0.05, 0.1) is 17.9 Å². The molecule has 0 radical (unpaired) electrons. The molecule has 0 saturated carbocycles. The van der Waals surface area contributed by atoms with Crippen molar-refractivity contribution in [3.63, 3.8) is 0 Å². The lowest BCUT2D eigenvalue weighted by molar-refractivity contribution is -0.119. The Kier molecular flexibility index (Phi) is 4.07. The molecular weight excluding hydrogens is 226 g/mol. The van der Waals surface area contributed by atoms with Crippen LogP contribution < -0.4 is 16.0 Å². The van der Waals surface area contributed by atoms with Crippen molar-refractivity contribution in [2.45, 2.75) is 26.2 Å². The fourth-order valence-electron chi connectivity index (χ4n) is 2.36. The standard InChI is InChI=1S/C14H21N3O/c1-2-3-8-16-13(18)10-17-9-7-11-5-4-6-12(15)14(11)17/h4-6H,2-3,7-10,15H2,1H3,(H,16,18). The van der Waals surface area contributed by atoms with Crippen molar-refractivity contribution in [3.8, 4) is 0 Å². The van der Waals surface area contributed by atoms with E-state index in [1.807, 2.05) is 12.1 Å². The van der Waals surface area contributed by atoms with Gasteiger partial charge >= 0.3 is 0 Å². The number of carbonyl (C=O) groups excluding carboxylic acids is 1. The van der Waals surface area contributed by atoms with E-state index in [9.17, 15) is 4.79 Å². The van der Waals surface area contributed by atoms with Gasteiger partial charge in [0.1, 0.15) is 0 Å². The fraction of sp³-hybridized carbons (Fsp3) is 0.500. The molecule has 0 fully saturated rings. The number of fused-ring (bicyclic) bond motifs is 1. The Hall–Kier alpha value is -1.71. The Labute approximate surface area is 108 Å². The van der Waals surface area contributed by atoms with Crippen LogP contribution in [0.4, 0.5) is 11.4 Å². The van der Waals surface area contributed by atoms with Gasteiger partial charge in [-0.3, -0.25) is 4.79 Å². The van der Waals surface area contributed by atoms with Crippen LogP contribution in [-0.4, -0.2) is 25.5 Å². The average Bonchev–Trinajstić information content (AvgIpc) is 2.74. The van der Waals surface area contributed by atoms with Gasteiger partial charge < -0.3 is 16.0 Å². The van der Waals surface area contributed by atoms with Crippen molar-refractivity contribution in [1.82, 2.24) is 5.32 Å². The molecule has 0 atom stereocenters. The van der Waals surface area contributed by atoms with Gasteiger partial charge in [-0.1, -0.05) is 25.5 Å². The van der Waals surface area contributed by atoms with Gasteiger partial charge in [-0.15, -0.1) is 0 Å². The molecule has 0 bridgehead atoms. The highest BCUT2D eigenvalue weighted by Gasteiger charge is 2.22. The minimum absolute atomic E-state index is 0.0829. The predicted octanol–water partition coefficient (Wildman–Crippen LogP) is 1.55. The third-order valence-electron chi connectivity index (χ3n) is 3.31. The minimum atomic E-state index is 0.0829. The van der Waals surface area contributed by atoms with Crippen LogP contribution in [0.1, 0.15) is 25.3 Å². The van der Waals surface area contributed by atoms with Crippen LogP contribution in [0.3, 0.4) is 0 Å². The fourth-order valence-corrected chi connectivity index (χ4v) is 2.36. The second-order valence-corrected chi connectivity index (χ2v) is 4.73. The summed E-state index contributed by atoms with van der Waals surface area (Å²) in [6.45, 7) is 4.17. The Morgan fingerprint density at radius 2 is 2.33 bits per heavy atom. The van der Waals surface area contributed by atoms with Gasteiger partial charge in [-0.2, -0.15) is 0 Å². The quantitative estimate of drug-likeness (QED) is 0.613. The zero-order chi connectivity index (χ0) is 13.0. The summed E-state index contributed by atoms with van der Waals surface area (Å²) in [7, 11) is 0. The molecule has 4 heteroatoms. The number of nitrogens with zero attached hydrogens (tertiary/aromatic N) is 1. The van der Waals surface area contributed by atoms with Crippen molar-refractivity contribution < 1.29 is 4.79 Å². The lowest BCUT2D eigenvalue weighted by atomic mass is 10.1. The van der Waals surface area contributed by atoms with Crippen molar-refractivity contribution in [2.24, 2.45) is 0 Å². The van der Waals surface area contributed by atoms with Crippen LogP contribution in [0.25, 0.3) is 0 Å². The van der Waals surface area contributed by atoms with Crippen LogP contribution in [0.15, 0.2) is 18.2 Å². The summed E-state index contributed by atoms with van der Waals surface area (Å²) < 4.78 is 0. The summed E-state index contributed by atoms with van der Waals surface area (Å²) in [5.41, 5.74) is 9.05. The first-order valence-corrected chi connectivity index (χ1v) is 6.61. The molecule has 0 unspecified atom stereocenters. The third kappa shape index (κ3) is 2.75. The molecule has 0 aromatic heterocycles.